The van der Waals surface area contributed by atoms with Gasteiger partial charge in [0.15, 0.2) is 15.8 Å². The molecule has 0 aliphatic heterocycles. The van der Waals surface area contributed by atoms with Crippen molar-refractivity contribution < 1.29 is 13.2 Å². The summed E-state index contributed by atoms with van der Waals surface area (Å²) in [4.78, 5) is 5.19. The Balaban J connectivity index is 0.00000109. The van der Waals surface area contributed by atoms with E-state index in [1.165, 1.54) is 11.9 Å². The Morgan fingerprint density at radius 1 is 1.36 bits per heavy atom. The summed E-state index contributed by atoms with van der Waals surface area (Å²) in [5.41, 5.74) is 0.878. The number of rotatable bonds is 6. The van der Waals surface area contributed by atoms with E-state index in [9.17, 15) is 13.2 Å². The first-order chi connectivity index (χ1) is 13.4. The lowest BCUT2D eigenvalue weighted by Gasteiger charge is -2.13. The van der Waals surface area contributed by atoms with E-state index in [4.69, 9.17) is 11.6 Å². The van der Waals surface area contributed by atoms with Gasteiger partial charge in [0.25, 0.3) is 6.43 Å². The maximum atomic E-state index is 13.0. The summed E-state index contributed by atoms with van der Waals surface area (Å²) in [5, 5.41) is 7.75. The first-order valence-corrected chi connectivity index (χ1v) is 10.7. The number of halogens is 4. The van der Waals surface area contributed by atoms with Gasteiger partial charge in [-0.2, -0.15) is 0 Å². The van der Waals surface area contributed by atoms with Crippen LogP contribution in [0.3, 0.4) is 0 Å². The molecule has 4 rings (SSSR count). The molecule has 0 radical (unpaired) electrons. The number of nitrogens with zero attached hydrogens (tertiary/aromatic N) is 4. The third kappa shape index (κ3) is 4.14. The molecule has 3 aromatic rings. The summed E-state index contributed by atoms with van der Waals surface area (Å²) in [5.74, 6) is 0.401. The number of aryl methyl sites for hydroxylation is 1. The normalized spacial score (nSPS) is 15.0. The van der Waals surface area contributed by atoms with Gasteiger partial charge in [-0.1, -0.05) is 36.8 Å². The van der Waals surface area contributed by atoms with Gasteiger partial charge in [0.2, 0.25) is 0 Å². The van der Waals surface area contributed by atoms with E-state index >= 15 is 0 Å². The molecule has 0 unspecified atom stereocenters. The summed E-state index contributed by atoms with van der Waals surface area (Å²) < 4.78 is 43.5. The maximum absolute atomic E-state index is 13.0. The van der Waals surface area contributed by atoms with Crippen LogP contribution in [-0.4, -0.2) is 31.8 Å². The Hall–Kier alpha value is -1.36. The summed E-state index contributed by atoms with van der Waals surface area (Å²) in [6.07, 6.45) is 0.695. The van der Waals surface area contributed by atoms with Crippen LogP contribution in [0.2, 0.25) is 5.02 Å². The molecule has 0 aromatic carbocycles. The highest BCUT2D eigenvalue weighted by Gasteiger charge is 2.42. The molecular weight excluding hydrogens is 431 g/mol. The molecule has 5 nitrogen and oxygen atoms in total. The molecule has 3 heterocycles. The molecule has 0 bridgehead atoms. The highest BCUT2D eigenvalue weighted by molar-refractivity contribution is 7.97. The number of aromatic nitrogens is 4. The summed E-state index contributed by atoms with van der Waals surface area (Å²) in [6, 6.07) is 1.77. The Labute approximate surface area is 173 Å². The van der Waals surface area contributed by atoms with Crippen molar-refractivity contribution >= 4 is 40.4 Å². The van der Waals surface area contributed by atoms with E-state index < -0.39 is 18.6 Å². The molecule has 0 spiro atoms. The molecule has 0 atom stereocenters. The molecule has 0 saturated heterocycles. The van der Waals surface area contributed by atoms with Crippen LogP contribution in [-0.2, 0) is 0 Å². The third-order valence-electron chi connectivity index (χ3n) is 4.15. The molecule has 3 aromatic heterocycles. The predicted octanol–water partition coefficient (Wildman–Crippen LogP) is 5.88. The zero-order valence-corrected chi connectivity index (χ0v) is 17.9. The quantitative estimate of drug-likeness (QED) is 0.476. The first-order valence-electron chi connectivity index (χ1n) is 8.72. The second-order valence-electron chi connectivity index (χ2n) is 6.13. The van der Waals surface area contributed by atoms with Crippen molar-refractivity contribution in [3.63, 3.8) is 0 Å². The first kappa shape index (κ1) is 21.4. The Morgan fingerprint density at radius 2 is 2.07 bits per heavy atom. The topological polar surface area (TPSA) is 55.1 Å². The highest BCUT2D eigenvalue weighted by atomic mass is 35.5. The van der Waals surface area contributed by atoms with Crippen molar-refractivity contribution in [3.8, 4) is 10.8 Å². The predicted molar refractivity (Wildman–Crippen MR) is 107 cm³/mol. The van der Waals surface area contributed by atoms with Gasteiger partial charge in [-0.25, -0.2) is 18.2 Å². The largest absolute Gasteiger partial charge is 0.295 e. The second-order valence-corrected chi connectivity index (χ2v) is 8.42. The van der Waals surface area contributed by atoms with Crippen molar-refractivity contribution in [2.24, 2.45) is 0 Å². The fourth-order valence-corrected chi connectivity index (χ4v) is 4.54. The number of imidazole rings is 1. The maximum Gasteiger partial charge on any atom is 0.291 e. The molecular formula is C17H19ClF3N5S2. The molecule has 1 fully saturated rings. The van der Waals surface area contributed by atoms with E-state index in [2.05, 4.69) is 19.9 Å². The van der Waals surface area contributed by atoms with Crippen LogP contribution in [0.1, 0.15) is 43.8 Å². The van der Waals surface area contributed by atoms with Crippen LogP contribution < -0.4 is 4.72 Å². The van der Waals surface area contributed by atoms with Crippen molar-refractivity contribution in [2.75, 3.05) is 6.67 Å². The van der Waals surface area contributed by atoms with Gasteiger partial charge in [-0.05, 0) is 37.8 Å². The molecule has 1 aliphatic rings. The molecule has 11 heteroatoms. The van der Waals surface area contributed by atoms with Crippen LogP contribution >= 0.6 is 34.9 Å². The minimum Gasteiger partial charge on any atom is -0.295 e. The zero-order valence-electron chi connectivity index (χ0n) is 15.5. The van der Waals surface area contributed by atoms with Crippen molar-refractivity contribution in [3.05, 3.63) is 28.0 Å². The van der Waals surface area contributed by atoms with Gasteiger partial charge < -0.3 is 0 Å². The fourth-order valence-electron chi connectivity index (χ4n) is 2.52. The highest BCUT2D eigenvalue weighted by Crippen LogP contribution is 2.39. The number of alkyl halides is 3. The summed E-state index contributed by atoms with van der Waals surface area (Å²) in [6.45, 7) is 5.36. The van der Waals surface area contributed by atoms with Gasteiger partial charge in [0, 0.05) is 11.1 Å². The SMILES string of the molecule is CC.Cc1nc(-c2nnc(C(F)F)s2)n2cc(SNC3(CF)CC3)cc(Cl)c12. The summed E-state index contributed by atoms with van der Waals surface area (Å²) in [7, 11) is 0. The van der Waals surface area contributed by atoms with Crippen molar-refractivity contribution in [2.45, 2.75) is 50.5 Å². The van der Waals surface area contributed by atoms with Crippen molar-refractivity contribution in [1.82, 2.24) is 24.3 Å². The average molecular weight is 450 g/mol. The minimum atomic E-state index is -2.68. The Bertz CT molecular complexity index is 971. The average Bonchev–Trinajstić information content (AvgIpc) is 3.15. The van der Waals surface area contributed by atoms with Crippen LogP contribution in [0.25, 0.3) is 16.3 Å². The van der Waals surface area contributed by atoms with E-state index in [1.807, 2.05) is 13.8 Å². The lowest BCUT2D eigenvalue weighted by Crippen LogP contribution is -2.27. The van der Waals surface area contributed by atoms with Crippen LogP contribution in [0.4, 0.5) is 13.2 Å². The van der Waals surface area contributed by atoms with E-state index in [0.29, 0.717) is 22.1 Å². The number of hydrogen-bond donors (Lipinski definition) is 1. The fraction of sp³-hybridized carbons (Fsp3) is 0.471. The van der Waals surface area contributed by atoms with Gasteiger partial charge in [-0.3, -0.25) is 9.12 Å². The van der Waals surface area contributed by atoms with E-state index in [1.54, 1.807) is 23.6 Å². The number of fused-ring (bicyclic) bond motifs is 1. The minimum absolute atomic E-state index is 0.289. The van der Waals surface area contributed by atoms with Crippen LogP contribution in [0.15, 0.2) is 17.2 Å². The Kier molecular flexibility index (Phi) is 6.53. The molecule has 0 amide bonds. The monoisotopic (exact) mass is 449 g/mol. The number of nitrogens with one attached hydrogen (secondary N) is 1. The van der Waals surface area contributed by atoms with E-state index in [0.717, 1.165) is 29.1 Å². The smallest absolute Gasteiger partial charge is 0.291 e. The number of hydrogen-bond acceptors (Lipinski definition) is 6. The van der Waals surface area contributed by atoms with Gasteiger partial charge in [-0.15, -0.1) is 10.2 Å². The molecule has 1 N–H and O–H groups in total. The standard InChI is InChI=1S/C15H13ClF3N5S2.C2H6/c1-7-10-9(16)4-8(26-23-15(6-17)2-3-15)5-24(10)12(20-7)14-22-21-13(25-14)11(18)19;1-2/h4-5,11,23H,2-3,6H2,1H3;1-2H3. The molecule has 152 valence electrons. The molecule has 1 saturated carbocycles. The lowest BCUT2D eigenvalue weighted by atomic mass is 10.3. The van der Waals surface area contributed by atoms with Crippen LogP contribution in [0, 0.1) is 6.92 Å². The van der Waals surface area contributed by atoms with Crippen molar-refractivity contribution in [1.29, 1.82) is 0 Å². The zero-order chi connectivity index (χ0) is 20.5. The molecule has 1 aliphatic carbocycles. The van der Waals surface area contributed by atoms with Crippen LogP contribution in [0.5, 0.6) is 0 Å². The van der Waals surface area contributed by atoms with Gasteiger partial charge in [0.1, 0.15) is 6.67 Å². The molecule has 28 heavy (non-hydrogen) atoms. The Morgan fingerprint density at radius 3 is 2.64 bits per heavy atom. The van der Waals surface area contributed by atoms with Gasteiger partial charge in [0.05, 0.1) is 21.8 Å². The van der Waals surface area contributed by atoms with E-state index in [-0.39, 0.29) is 10.0 Å². The summed E-state index contributed by atoms with van der Waals surface area (Å²) >= 11 is 8.48. The third-order valence-corrected chi connectivity index (χ3v) is 6.36. The number of pyridine rings is 1. The van der Waals surface area contributed by atoms with Gasteiger partial charge >= 0.3 is 0 Å². The lowest BCUT2D eigenvalue weighted by molar-refractivity contribution is 0.150. The second kappa shape index (κ2) is 8.56.